The van der Waals surface area contributed by atoms with Gasteiger partial charge in [-0.25, -0.2) is 0 Å². The van der Waals surface area contributed by atoms with Gasteiger partial charge in [-0.05, 0) is 74.1 Å². The maximum atomic E-state index is 13.4. The van der Waals surface area contributed by atoms with Crippen molar-refractivity contribution in [3.8, 4) is 17.2 Å². The van der Waals surface area contributed by atoms with Crippen LogP contribution in [0.4, 0.5) is 0 Å². The number of hydrogen-bond acceptors (Lipinski definition) is 7. The van der Waals surface area contributed by atoms with Crippen molar-refractivity contribution in [2.24, 2.45) is 5.92 Å². The van der Waals surface area contributed by atoms with Crippen molar-refractivity contribution in [2.45, 2.75) is 59.1 Å². The highest BCUT2D eigenvalue weighted by molar-refractivity contribution is 6.46. The summed E-state index contributed by atoms with van der Waals surface area (Å²) in [5.74, 6) is 0.840. The van der Waals surface area contributed by atoms with E-state index in [1.54, 1.807) is 25.3 Å². The van der Waals surface area contributed by atoms with Gasteiger partial charge in [0.05, 0.1) is 24.8 Å². The van der Waals surface area contributed by atoms with Crippen molar-refractivity contribution in [3.63, 3.8) is 0 Å². The number of aliphatic hydroxyl groups excluding tert-OH is 1. The number of Topliss-reactive ketones (excluding diaryl/α,β-unsaturated/α-hetero) is 1. The zero-order valence-corrected chi connectivity index (χ0v) is 23.5. The Morgan fingerprint density at radius 3 is 2.62 bits per heavy atom. The lowest BCUT2D eigenvalue weighted by molar-refractivity contribution is -0.140. The van der Waals surface area contributed by atoms with Gasteiger partial charge in [0.1, 0.15) is 17.6 Å². The number of ketones is 1. The van der Waals surface area contributed by atoms with Gasteiger partial charge in [-0.1, -0.05) is 19.9 Å². The Morgan fingerprint density at radius 2 is 1.90 bits per heavy atom. The van der Waals surface area contributed by atoms with Crippen LogP contribution < -0.4 is 14.2 Å². The van der Waals surface area contributed by atoms with Crippen LogP contribution in [0.15, 0.2) is 42.0 Å². The highest BCUT2D eigenvalue weighted by Gasteiger charge is 2.46. The predicted octanol–water partition coefficient (Wildman–Crippen LogP) is 5.29. The molecule has 2 atom stereocenters. The molecule has 0 saturated carbocycles. The van der Waals surface area contributed by atoms with Gasteiger partial charge in [-0.3, -0.25) is 9.59 Å². The maximum Gasteiger partial charge on any atom is 0.295 e. The number of amides is 1. The fraction of sp³-hybridized carbons (Fsp3) is 0.484. The van der Waals surface area contributed by atoms with Gasteiger partial charge >= 0.3 is 0 Å². The van der Waals surface area contributed by atoms with Crippen molar-refractivity contribution in [2.75, 3.05) is 33.5 Å². The average Bonchev–Trinajstić information content (AvgIpc) is 3.40. The first-order chi connectivity index (χ1) is 18.7. The minimum atomic E-state index is -0.783. The molecule has 0 bridgehead atoms. The molecule has 2 aliphatic heterocycles. The summed E-state index contributed by atoms with van der Waals surface area (Å²) in [5, 5.41) is 11.5. The summed E-state index contributed by atoms with van der Waals surface area (Å²) in [6.45, 7) is 9.85. The van der Waals surface area contributed by atoms with Gasteiger partial charge in [-0.2, -0.15) is 0 Å². The highest BCUT2D eigenvalue weighted by Crippen LogP contribution is 2.43. The second kappa shape index (κ2) is 12.6. The largest absolute Gasteiger partial charge is 0.507 e. The van der Waals surface area contributed by atoms with E-state index < -0.39 is 17.7 Å². The molecule has 0 unspecified atom stereocenters. The minimum absolute atomic E-state index is 0.0435. The van der Waals surface area contributed by atoms with Crippen LogP contribution in [0.1, 0.15) is 63.3 Å². The molecule has 2 aromatic rings. The van der Waals surface area contributed by atoms with Crippen LogP contribution in [0.5, 0.6) is 17.2 Å². The first-order valence-corrected chi connectivity index (χ1v) is 13.7. The molecule has 1 fully saturated rings. The van der Waals surface area contributed by atoms with E-state index in [0.29, 0.717) is 67.8 Å². The molecule has 1 amide bonds. The Morgan fingerprint density at radius 1 is 1.10 bits per heavy atom. The Kier molecular flexibility index (Phi) is 9.17. The third kappa shape index (κ3) is 6.22. The molecule has 8 nitrogen and oxygen atoms in total. The van der Waals surface area contributed by atoms with E-state index in [9.17, 15) is 14.7 Å². The summed E-state index contributed by atoms with van der Waals surface area (Å²) >= 11 is 0. The second-order valence-corrected chi connectivity index (χ2v) is 10.5. The van der Waals surface area contributed by atoms with Gasteiger partial charge < -0.3 is 29.0 Å². The summed E-state index contributed by atoms with van der Waals surface area (Å²) in [4.78, 5) is 28.2. The Balaban J connectivity index is 1.77. The Hall–Kier alpha value is -3.52. The Bertz CT molecular complexity index is 1240. The van der Waals surface area contributed by atoms with Crippen LogP contribution in [0.25, 0.3) is 5.76 Å². The topological polar surface area (TPSA) is 94.5 Å². The number of carbonyl (C=O) groups excluding carboxylic acids is 2. The number of methoxy groups -OCH3 is 1. The molecule has 0 aromatic heterocycles. The zero-order chi connectivity index (χ0) is 28.1. The molecule has 0 spiro atoms. The third-order valence-corrected chi connectivity index (χ3v) is 6.99. The van der Waals surface area contributed by atoms with Crippen LogP contribution in [-0.2, 0) is 20.7 Å². The average molecular weight is 538 g/mol. The maximum absolute atomic E-state index is 13.4. The van der Waals surface area contributed by atoms with Gasteiger partial charge in [0, 0.05) is 32.2 Å². The number of rotatable bonds is 12. The zero-order valence-electron chi connectivity index (χ0n) is 23.5. The number of aliphatic hydroxyl groups is 1. The van der Waals surface area contributed by atoms with Gasteiger partial charge in [-0.15, -0.1) is 0 Å². The molecule has 2 aromatic carbocycles. The molecule has 210 valence electrons. The Labute approximate surface area is 230 Å². The number of nitrogens with zero attached hydrogens (tertiary/aromatic N) is 1. The lowest BCUT2D eigenvalue weighted by atomic mass is 9.94. The van der Waals surface area contributed by atoms with Crippen LogP contribution >= 0.6 is 0 Å². The standard InChI is InChI=1S/C31H39NO7/c1-6-37-26-18-21(8-11-25(26)38-15-12-19(2)3)28-27(30(34)31(35)32(28)13-7-14-36-5)29(33)22-9-10-24-23(17-22)16-20(4)39-24/h8-11,17-20,28,33H,6-7,12-16H2,1-5H3/b29-27+/t20-,28+/m0/s1. The number of ether oxygens (including phenoxy) is 4. The van der Waals surface area contributed by atoms with Gasteiger partial charge in [0.25, 0.3) is 11.7 Å². The normalized spacial score (nSPS) is 19.9. The summed E-state index contributed by atoms with van der Waals surface area (Å²) in [6.07, 6.45) is 2.20. The predicted molar refractivity (Wildman–Crippen MR) is 148 cm³/mol. The first-order valence-electron chi connectivity index (χ1n) is 13.7. The quantitative estimate of drug-likeness (QED) is 0.170. The molecular weight excluding hydrogens is 498 g/mol. The van der Waals surface area contributed by atoms with E-state index >= 15 is 0 Å². The summed E-state index contributed by atoms with van der Waals surface area (Å²) in [5.41, 5.74) is 2.15. The third-order valence-electron chi connectivity index (χ3n) is 6.99. The van der Waals surface area contributed by atoms with Gasteiger partial charge in [0.2, 0.25) is 0 Å². The minimum Gasteiger partial charge on any atom is -0.507 e. The fourth-order valence-corrected chi connectivity index (χ4v) is 5.05. The summed E-state index contributed by atoms with van der Waals surface area (Å²) < 4.78 is 22.9. The second-order valence-electron chi connectivity index (χ2n) is 10.5. The monoisotopic (exact) mass is 537 g/mol. The smallest absolute Gasteiger partial charge is 0.295 e. The number of carbonyl (C=O) groups is 2. The SMILES string of the molecule is CCOc1cc([C@@H]2/C(=C(\O)c3ccc4c(c3)C[C@H](C)O4)C(=O)C(=O)N2CCCOC)ccc1OCCC(C)C. The van der Waals surface area contributed by atoms with E-state index in [2.05, 4.69) is 13.8 Å². The van der Waals surface area contributed by atoms with E-state index in [0.717, 1.165) is 17.7 Å². The molecule has 0 radical (unpaired) electrons. The van der Waals surface area contributed by atoms with Crippen LogP contribution in [0.2, 0.25) is 0 Å². The molecular formula is C31H39NO7. The molecule has 1 N–H and O–H groups in total. The van der Waals surface area contributed by atoms with E-state index in [1.165, 1.54) is 4.90 Å². The van der Waals surface area contributed by atoms with E-state index in [1.807, 2.05) is 32.0 Å². The van der Waals surface area contributed by atoms with Crippen LogP contribution in [-0.4, -0.2) is 61.3 Å². The lowest BCUT2D eigenvalue weighted by Gasteiger charge is -2.26. The fourth-order valence-electron chi connectivity index (χ4n) is 5.05. The summed E-state index contributed by atoms with van der Waals surface area (Å²) in [6, 6.07) is 10.0. The van der Waals surface area contributed by atoms with Crippen LogP contribution in [0, 0.1) is 5.92 Å². The molecule has 2 heterocycles. The van der Waals surface area contributed by atoms with Crippen molar-refractivity contribution in [1.29, 1.82) is 0 Å². The first kappa shape index (κ1) is 28.5. The molecule has 39 heavy (non-hydrogen) atoms. The molecule has 8 heteroatoms. The highest BCUT2D eigenvalue weighted by atomic mass is 16.5. The van der Waals surface area contributed by atoms with Crippen molar-refractivity contribution >= 4 is 17.4 Å². The molecule has 4 rings (SSSR count). The lowest BCUT2D eigenvalue weighted by Crippen LogP contribution is -2.31. The number of fused-ring (bicyclic) bond motifs is 1. The summed E-state index contributed by atoms with van der Waals surface area (Å²) in [7, 11) is 1.59. The van der Waals surface area contributed by atoms with E-state index in [-0.39, 0.29) is 17.4 Å². The molecule has 2 aliphatic rings. The molecule has 1 saturated heterocycles. The number of likely N-dealkylation sites (tertiary alicyclic amines) is 1. The van der Waals surface area contributed by atoms with Crippen LogP contribution in [0.3, 0.4) is 0 Å². The van der Waals surface area contributed by atoms with Crippen molar-refractivity contribution < 1.29 is 33.6 Å². The number of benzene rings is 2. The molecule has 0 aliphatic carbocycles. The number of hydrogen-bond donors (Lipinski definition) is 1. The van der Waals surface area contributed by atoms with Crippen molar-refractivity contribution in [1.82, 2.24) is 4.90 Å². The van der Waals surface area contributed by atoms with E-state index in [4.69, 9.17) is 18.9 Å². The van der Waals surface area contributed by atoms with Gasteiger partial charge in [0.15, 0.2) is 11.5 Å². The van der Waals surface area contributed by atoms with Crippen molar-refractivity contribution in [3.05, 3.63) is 58.7 Å².